The molecule has 0 bridgehead atoms. The summed E-state index contributed by atoms with van der Waals surface area (Å²) < 4.78 is 49.7. The molecule has 10 aromatic rings. The maximum atomic E-state index is 12.7. The maximum Gasteiger partial charge on any atom is 0.291 e. The standard InChI is InChI=1S/2C26H12N2O6.C2H6.CH4O3S/c2*29-23-19(11-5-1-3-7-15(11)27-23)21-13-9-18-14(10-17(13)33-25(21)31)22(26(32)34-18)20-12-6-2-4-8-16(12)28-24(20)30;1-2;1-5(2,3)4/h2*1-10,31-32H;1-2H3;1H3,(H,2,3,4)/p-1. The van der Waals surface area contributed by atoms with Crippen molar-refractivity contribution in [2.45, 2.75) is 13.8 Å². The topological polar surface area (TPSA) is 308 Å². The molecule has 20 heteroatoms. The third-order valence-corrected chi connectivity index (χ3v) is 12.4. The van der Waals surface area contributed by atoms with Crippen molar-refractivity contribution in [2.75, 3.05) is 6.26 Å². The Morgan fingerprint density at radius 2 is 0.573 bits per heavy atom. The van der Waals surface area contributed by atoms with Crippen LogP contribution in [0, 0.1) is 0 Å². The van der Waals surface area contributed by atoms with Crippen LogP contribution in [0.1, 0.15) is 36.1 Å². The predicted molar refractivity (Wildman–Crippen MR) is 265 cm³/mol. The highest BCUT2D eigenvalue weighted by atomic mass is 32.2. The fourth-order valence-electron chi connectivity index (χ4n) is 9.51. The molecular formula is C55H33N4O15S-. The molecule has 0 saturated heterocycles. The first-order valence-electron chi connectivity index (χ1n) is 22.7. The normalized spacial score (nSPS) is 14.1. The molecule has 6 aromatic carbocycles. The number of furan rings is 4. The summed E-state index contributed by atoms with van der Waals surface area (Å²) in [6, 6.07) is 34.3. The molecule has 8 heterocycles. The number of hydrogen-bond acceptors (Lipinski definition) is 15. The zero-order valence-corrected chi connectivity index (χ0v) is 39.8. The summed E-state index contributed by atoms with van der Waals surface area (Å²) in [4.78, 5) is 67.0. The highest BCUT2D eigenvalue weighted by molar-refractivity contribution is 7.84. The lowest BCUT2D eigenvalue weighted by Crippen LogP contribution is -2.22. The molecular weight excluding hydrogens is 989 g/mol. The Labute approximate surface area is 418 Å². The number of carbonyl (C=O) groups excluding carboxylic acids is 4. The molecule has 0 fully saturated rings. The third kappa shape index (κ3) is 7.75. The van der Waals surface area contributed by atoms with E-state index in [9.17, 15) is 39.6 Å². The minimum atomic E-state index is -3.92. The SMILES string of the molecule is CC.CS(=O)(=O)[O-].O=C1N=c2ccccc2=C1c1c(O)oc2cc3c(C4=c5ccccc5=NC4=O)c(O)oc3cc12.O=C1N=c2ccccc2=C1c1c(O)oc2cc3c(C4=c5ccccc5=NC4=O)c(O)oc3cc12. The highest BCUT2D eigenvalue weighted by Crippen LogP contribution is 2.45. The molecule has 0 radical (unpaired) electrons. The van der Waals surface area contributed by atoms with Crippen LogP contribution in [-0.4, -0.2) is 63.3 Å². The lowest BCUT2D eigenvalue weighted by molar-refractivity contribution is -0.113. The van der Waals surface area contributed by atoms with Gasteiger partial charge in [-0.1, -0.05) is 86.6 Å². The zero-order chi connectivity index (χ0) is 52.8. The van der Waals surface area contributed by atoms with Gasteiger partial charge in [0.1, 0.15) is 22.3 Å². The van der Waals surface area contributed by atoms with E-state index in [4.69, 9.17) is 30.6 Å². The summed E-state index contributed by atoms with van der Waals surface area (Å²) in [6.45, 7) is 4.00. The average Bonchev–Trinajstić information content (AvgIpc) is 4.35. The van der Waals surface area contributed by atoms with E-state index >= 15 is 0 Å². The Bertz CT molecular complexity index is 4330. The molecule has 4 aliphatic heterocycles. The van der Waals surface area contributed by atoms with Crippen molar-refractivity contribution < 1.29 is 70.2 Å². The summed E-state index contributed by atoms with van der Waals surface area (Å²) in [6.07, 6.45) is 0.604. The van der Waals surface area contributed by atoms with Gasteiger partial charge in [0.05, 0.1) is 76.1 Å². The third-order valence-electron chi connectivity index (χ3n) is 12.4. The molecule has 0 spiro atoms. The van der Waals surface area contributed by atoms with Crippen molar-refractivity contribution in [3.05, 3.63) is 186 Å². The van der Waals surface area contributed by atoms with Crippen LogP contribution in [0.25, 0.3) is 66.2 Å². The number of hydrogen-bond donors (Lipinski definition) is 4. The smallest absolute Gasteiger partial charge is 0.291 e. The number of para-hydroxylation sites is 4. The second-order valence-electron chi connectivity index (χ2n) is 16.8. The zero-order valence-electron chi connectivity index (χ0n) is 39.0. The van der Waals surface area contributed by atoms with E-state index in [0.717, 1.165) is 0 Å². The second kappa shape index (κ2) is 17.6. The predicted octanol–water partition coefficient (Wildman–Crippen LogP) is 2.80. The number of benzene rings is 6. The van der Waals surface area contributed by atoms with Crippen LogP contribution < -0.4 is 42.3 Å². The number of carbonyl (C=O) groups is 4. The summed E-state index contributed by atoms with van der Waals surface area (Å²) in [5.41, 5.74) is 2.65. The van der Waals surface area contributed by atoms with Gasteiger partial charge in [0.2, 0.25) is 0 Å². The van der Waals surface area contributed by atoms with E-state index in [0.29, 0.717) is 70.1 Å². The molecule has 4 N–H and O–H groups in total. The minimum absolute atomic E-state index is 0.193. The van der Waals surface area contributed by atoms with Crippen LogP contribution in [0.3, 0.4) is 0 Å². The lowest BCUT2D eigenvalue weighted by Gasteiger charge is -2.00. The minimum Gasteiger partial charge on any atom is -0.748 e. The van der Waals surface area contributed by atoms with Crippen LogP contribution in [0.5, 0.6) is 23.8 Å². The number of nitrogens with zero attached hydrogens (tertiary/aromatic N) is 4. The van der Waals surface area contributed by atoms with Gasteiger partial charge in [-0.2, -0.15) is 0 Å². The number of rotatable bonds is 4. The van der Waals surface area contributed by atoms with Gasteiger partial charge in [0.25, 0.3) is 47.4 Å². The van der Waals surface area contributed by atoms with Crippen molar-refractivity contribution in [3.8, 4) is 23.8 Å². The summed E-state index contributed by atoms with van der Waals surface area (Å²) in [5, 5.41) is 48.6. The van der Waals surface area contributed by atoms with Gasteiger partial charge in [0.15, 0.2) is 0 Å². The van der Waals surface area contributed by atoms with Gasteiger partial charge in [-0.15, -0.1) is 0 Å². The molecule has 0 atom stereocenters. The molecule has 4 amide bonds. The van der Waals surface area contributed by atoms with E-state index in [2.05, 4.69) is 20.0 Å². The van der Waals surface area contributed by atoms with E-state index in [-0.39, 0.29) is 66.9 Å². The molecule has 0 unspecified atom stereocenters. The molecule has 0 saturated carbocycles. The van der Waals surface area contributed by atoms with Crippen LogP contribution in [0.4, 0.5) is 0 Å². The highest BCUT2D eigenvalue weighted by Gasteiger charge is 2.33. The van der Waals surface area contributed by atoms with Crippen LogP contribution >= 0.6 is 0 Å². The Morgan fingerprint density at radius 3 is 0.773 bits per heavy atom. The van der Waals surface area contributed by atoms with Gasteiger partial charge >= 0.3 is 0 Å². The monoisotopic (exact) mass is 1020 g/mol. The fraction of sp³-hybridized carbons (Fsp3) is 0.0545. The first-order chi connectivity index (χ1) is 36.0. The second-order valence-corrected chi connectivity index (χ2v) is 18.2. The van der Waals surface area contributed by atoms with E-state index in [1.165, 1.54) is 0 Å². The molecule has 0 aliphatic carbocycles. The van der Waals surface area contributed by atoms with E-state index in [1.807, 2.05) is 13.8 Å². The Kier molecular flexibility index (Phi) is 11.1. The van der Waals surface area contributed by atoms with Crippen molar-refractivity contribution in [1.82, 2.24) is 0 Å². The fourth-order valence-corrected chi connectivity index (χ4v) is 9.51. The first kappa shape index (κ1) is 47.3. The van der Waals surface area contributed by atoms with Gasteiger partial charge in [0, 0.05) is 48.7 Å². The lowest BCUT2D eigenvalue weighted by atomic mass is 9.98. The van der Waals surface area contributed by atoms with E-state index < -0.39 is 57.5 Å². The molecule has 4 aliphatic rings. The van der Waals surface area contributed by atoms with Crippen LogP contribution in [0.2, 0.25) is 0 Å². The summed E-state index contributed by atoms with van der Waals surface area (Å²) in [5.74, 6) is -3.72. The van der Waals surface area contributed by atoms with Crippen molar-refractivity contribution in [1.29, 1.82) is 0 Å². The number of fused-ring (bicyclic) bond motifs is 8. The summed E-state index contributed by atoms with van der Waals surface area (Å²) in [7, 11) is -3.92. The van der Waals surface area contributed by atoms with Gasteiger partial charge < -0.3 is 42.6 Å². The Balaban J connectivity index is 0.000000143. The molecule has 4 aromatic heterocycles. The van der Waals surface area contributed by atoms with Crippen LogP contribution in [-0.2, 0) is 29.3 Å². The van der Waals surface area contributed by atoms with Gasteiger partial charge in [-0.05, 0) is 48.5 Å². The maximum absolute atomic E-state index is 12.7. The largest absolute Gasteiger partial charge is 0.748 e. The average molecular weight is 1020 g/mol. The summed E-state index contributed by atoms with van der Waals surface area (Å²) >= 11 is 0. The Morgan fingerprint density at radius 1 is 0.387 bits per heavy atom. The molecule has 370 valence electrons. The van der Waals surface area contributed by atoms with Crippen LogP contribution in [0.15, 0.2) is 159 Å². The van der Waals surface area contributed by atoms with Crippen molar-refractivity contribution >= 4 is 99.9 Å². The van der Waals surface area contributed by atoms with Crippen molar-refractivity contribution in [3.63, 3.8) is 0 Å². The van der Waals surface area contributed by atoms with Gasteiger partial charge in [-0.3, -0.25) is 19.2 Å². The van der Waals surface area contributed by atoms with Crippen molar-refractivity contribution in [2.24, 2.45) is 20.0 Å². The molecule has 19 nitrogen and oxygen atoms in total. The molecule has 14 rings (SSSR count). The number of aromatic hydroxyl groups is 4. The first-order valence-corrected chi connectivity index (χ1v) is 24.5. The van der Waals surface area contributed by atoms with E-state index in [1.54, 1.807) is 121 Å². The quantitative estimate of drug-likeness (QED) is 0.184. The Hall–Kier alpha value is -10.1. The van der Waals surface area contributed by atoms with Gasteiger partial charge in [-0.25, -0.2) is 28.4 Å². The molecule has 75 heavy (non-hydrogen) atoms. The number of amides is 4.